The van der Waals surface area contributed by atoms with Gasteiger partial charge in [-0.1, -0.05) is 54.2 Å². The van der Waals surface area contributed by atoms with Crippen molar-refractivity contribution in [3.8, 4) is 0 Å². The number of amides is 1. The van der Waals surface area contributed by atoms with Gasteiger partial charge >= 0.3 is 0 Å². The standard InChI is InChI=1S/C16H16FN5O2S2/c1-9(2)12-7-14(24-22-12)19-13(23)8-25-16-21-20-15(26-16)18-11-6-4-3-5-10(11)17/h3-7,9H,8H2,1-2H3,(H,18,20)(H,19,23). The molecule has 1 aromatic carbocycles. The molecule has 0 aliphatic carbocycles. The molecule has 0 saturated carbocycles. The second-order valence-corrected chi connectivity index (χ2v) is 7.79. The van der Waals surface area contributed by atoms with Crippen molar-refractivity contribution in [1.82, 2.24) is 15.4 Å². The Bertz CT molecular complexity index is 896. The molecule has 3 aromatic rings. The zero-order valence-corrected chi connectivity index (χ0v) is 15.7. The van der Waals surface area contributed by atoms with Gasteiger partial charge in [-0.25, -0.2) is 4.39 Å². The van der Waals surface area contributed by atoms with E-state index in [1.807, 2.05) is 13.8 Å². The van der Waals surface area contributed by atoms with Crippen molar-refractivity contribution >= 4 is 45.7 Å². The van der Waals surface area contributed by atoms with Gasteiger partial charge in [-0.2, -0.15) is 0 Å². The lowest BCUT2D eigenvalue weighted by Crippen LogP contribution is -2.13. The van der Waals surface area contributed by atoms with E-state index in [-0.39, 0.29) is 23.4 Å². The zero-order chi connectivity index (χ0) is 18.5. The molecule has 3 rings (SSSR count). The lowest BCUT2D eigenvalue weighted by atomic mass is 10.1. The van der Waals surface area contributed by atoms with Gasteiger partial charge in [-0.05, 0) is 18.1 Å². The molecule has 1 amide bonds. The first-order chi connectivity index (χ1) is 12.5. The SMILES string of the molecule is CC(C)c1cc(NC(=O)CSc2nnc(Nc3ccccc3F)s2)on1. The van der Waals surface area contributed by atoms with Crippen LogP contribution in [0.25, 0.3) is 0 Å². The molecule has 7 nitrogen and oxygen atoms in total. The average molecular weight is 393 g/mol. The number of carbonyl (C=O) groups is 1. The first-order valence-corrected chi connectivity index (χ1v) is 9.56. The number of halogens is 1. The van der Waals surface area contributed by atoms with Crippen LogP contribution in [0.2, 0.25) is 0 Å². The highest BCUT2D eigenvalue weighted by Crippen LogP contribution is 2.28. The monoisotopic (exact) mass is 393 g/mol. The molecule has 0 aliphatic rings. The van der Waals surface area contributed by atoms with Gasteiger partial charge in [0.2, 0.25) is 16.9 Å². The van der Waals surface area contributed by atoms with Crippen molar-refractivity contribution < 1.29 is 13.7 Å². The topological polar surface area (TPSA) is 92.9 Å². The third-order valence-corrected chi connectivity index (χ3v) is 5.20. The molecule has 0 fully saturated rings. The van der Waals surface area contributed by atoms with E-state index >= 15 is 0 Å². The number of nitrogens with one attached hydrogen (secondary N) is 2. The van der Waals surface area contributed by atoms with Crippen LogP contribution in [0.1, 0.15) is 25.5 Å². The van der Waals surface area contributed by atoms with Crippen LogP contribution >= 0.6 is 23.1 Å². The van der Waals surface area contributed by atoms with Crippen molar-refractivity contribution in [2.75, 3.05) is 16.4 Å². The fraction of sp³-hybridized carbons (Fsp3) is 0.250. The number of nitrogens with zero attached hydrogens (tertiary/aromatic N) is 3. The van der Waals surface area contributed by atoms with Gasteiger partial charge in [0.05, 0.1) is 17.1 Å². The van der Waals surface area contributed by atoms with Crippen LogP contribution in [0.4, 0.5) is 21.1 Å². The van der Waals surface area contributed by atoms with Crippen LogP contribution in [0.15, 0.2) is 39.2 Å². The molecular weight excluding hydrogens is 377 g/mol. The summed E-state index contributed by atoms with van der Waals surface area (Å²) in [5.41, 5.74) is 1.10. The number of benzene rings is 1. The predicted octanol–water partition coefficient (Wildman–Crippen LogP) is 4.26. The lowest BCUT2D eigenvalue weighted by Gasteiger charge is -2.01. The molecule has 2 N–H and O–H groups in total. The molecule has 0 bridgehead atoms. The largest absolute Gasteiger partial charge is 0.338 e. The lowest BCUT2D eigenvalue weighted by molar-refractivity contribution is -0.113. The number of thioether (sulfide) groups is 1. The van der Waals surface area contributed by atoms with E-state index in [0.29, 0.717) is 21.0 Å². The first kappa shape index (κ1) is 18.3. The Balaban J connectivity index is 1.51. The van der Waals surface area contributed by atoms with Crippen molar-refractivity contribution in [3.05, 3.63) is 41.8 Å². The van der Waals surface area contributed by atoms with E-state index in [2.05, 4.69) is 26.0 Å². The summed E-state index contributed by atoms with van der Waals surface area (Å²) in [5.74, 6) is 0.0786. The number of rotatable bonds is 7. The maximum Gasteiger partial charge on any atom is 0.237 e. The molecule has 0 saturated heterocycles. The number of hydrogen-bond acceptors (Lipinski definition) is 8. The summed E-state index contributed by atoms with van der Waals surface area (Å²) in [6.45, 7) is 3.98. The van der Waals surface area contributed by atoms with Crippen molar-refractivity contribution in [2.45, 2.75) is 24.1 Å². The molecule has 0 radical (unpaired) electrons. The Morgan fingerprint density at radius 2 is 2.15 bits per heavy atom. The normalized spacial score (nSPS) is 10.9. The Kier molecular flexibility index (Phi) is 5.84. The maximum atomic E-state index is 13.6. The van der Waals surface area contributed by atoms with Crippen LogP contribution in [-0.2, 0) is 4.79 Å². The maximum absolute atomic E-state index is 13.6. The molecule has 0 atom stereocenters. The summed E-state index contributed by atoms with van der Waals surface area (Å²) >= 11 is 2.47. The van der Waals surface area contributed by atoms with E-state index in [1.54, 1.807) is 24.3 Å². The summed E-state index contributed by atoms with van der Waals surface area (Å²) in [6.07, 6.45) is 0. The zero-order valence-electron chi connectivity index (χ0n) is 14.0. The molecular formula is C16H16FN5O2S2. The van der Waals surface area contributed by atoms with E-state index in [1.165, 1.54) is 29.2 Å². The minimum absolute atomic E-state index is 0.145. The van der Waals surface area contributed by atoms with Gasteiger partial charge in [-0.15, -0.1) is 10.2 Å². The molecule has 2 aromatic heterocycles. The Labute approximate surface area is 157 Å². The summed E-state index contributed by atoms with van der Waals surface area (Å²) in [4.78, 5) is 12.0. The van der Waals surface area contributed by atoms with Crippen molar-refractivity contribution in [3.63, 3.8) is 0 Å². The molecule has 0 spiro atoms. The summed E-state index contributed by atoms with van der Waals surface area (Å²) in [5, 5.41) is 17.8. The molecule has 0 unspecified atom stereocenters. The average Bonchev–Trinajstić information content (AvgIpc) is 3.25. The summed E-state index contributed by atoms with van der Waals surface area (Å²) in [7, 11) is 0. The second-order valence-electron chi connectivity index (χ2n) is 5.59. The third-order valence-electron chi connectivity index (χ3n) is 3.23. The second kappa shape index (κ2) is 8.28. The van der Waals surface area contributed by atoms with Crippen LogP contribution in [0.3, 0.4) is 0 Å². The van der Waals surface area contributed by atoms with Gasteiger partial charge in [0.1, 0.15) is 5.82 Å². The van der Waals surface area contributed by atoms with Crippen molar-refractivity contribution in [2.24, 2.45) is 0 Å². The number of hydrogen-bond donors (Lipinski definition) is 2. The molecule has 136 valence electrons. The Morgan fingerprint density at radius 1 is 1.35 bits per heavy atom. The van der Waals surface area contributed by atoms with Crippen LogP contribution in [0, 0.1) is 5.82 Å². The van der Waals surface area contributed by atoms with Gasteiger partial charge in [0.25, 0.3) is 0 Å². The number of anilines is 3. The Morgan fingerprint density at radius 3 is 2.88 bits per heavy atom. The van der Waals surface area contributed by atoms with Crippen LogP contribution in [0.5, 0.6) is 0 Å². The van der Waals surface area contributed by atoms with E-state index in [0.717, 1.165) is 5.69 Å². The fourth-order valence-corrected chi connectivity index (χ4v) is 3.48. The quantitative estimate of drug-likeness (QED) is 0.579. The highest BCUT2D eigenvalue weighted by molar-refractivity contribution is 8.01. The minimum atomic E-state index is -0.371. The van der Waals surface area contributed by atoms with Gasteiger partial charge in [0.15, 0.2) is 4.34 Å². The fourth-order valence-electron chi connectivity index (χ4n) is 1.92. The number of para-hydroxylation sites is 1. The predicted molar refractivity (Wildman–Crippen MR) is 99.5 cm³/mol. The van der Waals surface area contributed by atoms with E-state index < -0.39 is 0 Å². The van der Waals surface area contributed by atoms with Gasteiger partial charge in [0, 0.05) is 6.07 Å². The highest BCUT2D eigenvalue weighted by Gasteiger charge is 2.13. The highest BCUT2D eigenvalue weighted by atomic mass is 32.2. The number of aromatic nitrogens is 3. The molecule has 0 aliphatic heterocycles. The number of carbonyl (C=O) groups excluding carboxylic acids is 1. The summed E-state index contributed by atoms with van der Waals surface area (Å²) in [6, 6.07) is 8.01. The van der Waals surface area contributed by atoms with Crippen LogP contribution < -0.4 is 10.6 Å². The molecule has 10 heteroatoms. The molecule has 2 heterocycles. The first-order valence-electron chi connectivity index (χ1n) is 7.75. The summed E-state index contributed by atoms with van der Waals surface area (Å²) < 4.78 is 19.3. The van der Waals surface area contributed by atoms with Gasteiger partial charge < -0.3 is 9.84 Å². The molecule has 26 heavy (non-hydrogen) atoms. The smallest absolute Gasteiger partial charge is 0.237 e. The Hall–Kier alpha value is -2.46. The van der Waals surface area contributed by atoms with Gasteiger partial charge in [-0.3, -0.25) is 10.1 Å². The van der Waals surface area contributed by atoms with Crippen LogP contribution in [-0.4, -0.2) is 27.0 Å². The van der Waals surface area contributed by atoms with E-state index in [4.69, 9.17) is 4.52 Å². The van der Waals surface area contributed by atoms with Crippen molar-refractivity contribution in [1.29, 1.82) is 0 Å². The third kappa shape index (κ3) is 4.79. The van der Waals surface area contributed by atoms with E-state index in [9.17, 15) is 9.18 Å². The minimum Gasteiger partial charge on any atom is -0.338 e.